The molecule has 0 aromatic rings. The highest BCUT2D eigenvalue weighted by atomic mass is 79.9. The van der Waals surface area contributed by atoms with Crippen molar-refractivity contribution in [3.63, 3.8) is 0 Å². The molecule has 9 heavy (non-hydrogen) atoms. The van der Waals surface area contributed by atoms with Crippen LogP contribution in [0.2, 0.25) is 0 Å². The van der Waals surface area contributed by atoms with E-state index in [0.29, 0.717) is 5.33 Å². The first-order chi connectivity index (χ1) is 4.16. The minimum absolute atomic E-state index is 0.193. The van der Waals surface area contributed by atoms with Gasteiger partial charge in [-0.05, 0) is 0 Å². The van der Waals surface area contributed by atoms with Crippen molar-refractivity contribution < 1.29 is 18.1 Å². The normalized spacial score (nSPS) is 17.2. The molecule has 0 radical (unpaired) electrons. The molecule has 0 saturated carbocycles. The minimum Gasteiger partial charge on any atom is -0.750 e. The van der Waals surface area contributed by atoms with E-state index in [2.05, 4.69) is 20.1 Å². The van der Waals surface area contributed by atoms with Gasteiger partial charge in [0.1, 0.15) is 0 Å². The SMILES string of the molecule is O=S([O-])OCC(O)CBr. The van der Waals surface area contributed by atoms with Gasteiger partial charge in [0.15, 0.2) is 0 Å². The van der Waals surface area contributed by atoms with Crippen LogP contribution in [-0.4, -0.2) is 31.9 Å². The average molecular weight is 218 g/mol. The van der Waals surface area contributed by atoms with Crippen molar-refractivity contribution in [1.82, 2.24) is 0 Å². The summed E-state index contributed by atoms with van der Waals surface area (Å²) in [6.07, 6.45) is -0.761. The molecule has 4 nitrogen and oxygen atoms in total. The Morgan fingerprint density at radius 2 is 2.44 bits per heavy atom. The van der Waals surface area contributed by atoms with Gasteiger partial charge in [-0.25, -0.2) is 4.21 Å². The van der Waals surface area contributed by atoms with Crippen molar-refractivity contribution in [2.24, 2.45) is 0 Å². The molecule has 2 atom stereocenters. The van der Waals surface area contributed by atoms with E-state index in [4.69, 9.17) is 5.11 Å². The summed E-state index contributed by atoms with van der Waals surface area (Å²) < 4.78 is 23.4. The van der Waals surface area contributed by atoms with E-state index < -0.39 is 17.5 Å². The monoisotopic (exact) mass is 217 g/mol. The molecule has 0 aliphatic heterocycles. The zero-order valence-electron chi connectivity index (χ0n) is 4.45. The van der Waals surface area contributed by atoms with E-state index >= 15 is 0 Å². The summed E-state index contributed by atoms with van der Waals surface area (Å²) in [7, 11) is 0. The van der Waals surface area contributed by atoms with E-state index in [1.54, 1.807) is 0 Å². The van der Waals surface area contributed by atoms with Gasteiger partial charge in [-0.2, -0.15) is 0 Å². The first kappa shape index (κ1) is 9.51. The molecule has 0 amide bonds. The van der Waals surface area contributed by atoms with Gasteiger partial charge < -0.3 is 9.66 Å². The lowest BCUT2D eigenvalue weighted by molar-refractivity contribution is 0.128. The van der Waals surface area contributed by atoms with Crippen molar-refractivity contribution in [2.75, 3.05) is 11.9 Å². The summed E-state index contributed by atoms with van der Waals surface area (Å²) in [6, 6.07) is 0. The highest BCUT2D eigenvalue weighted by Crippen LogP contribution is 1.91. The predicted molar refractivity (Wildman–Crippen MR) is 34.7 cm³/mol. The third-order valence-electron chi connectivity index (χ3n) is 0.535. The summed E-state index contributed by atoms with van der Waals surface area (Å²) in [4.78, 5) is 0. The maximum absolute atomic E-state index is 9.67. The molecule has 0 bridgehead atoms. The van der Waals surface area contributed by atoms with E-state index in [1.807, 2.05) is 0 Å². The van der Waals surface area contributed by atoms with Crippen LogP contribution in [-0.2, 0) is 15.5 Å². The standard InChI is InChI=1S/C3H7BrO4S/c4-1-3(5)2-8-9(6)7/h3,5H,1-2H2,(H,6,7)/p-1. The van der Waals surface area contributed by atoms with E-state index in [-0.39, 0.29) is 6.61 Å². The maximum Gasteiger partial charge on any atom is 0.0896 e. The number of aliphatic hydroxyl groups excluding tert-OH is 1. The highest BCUT2D eigenvalue weighted by Gasteiger charge is 1.99. The Labute approximate surface area is 63.8 Å². The topological polar surface area (TPSA) is 69.6 Å². The van der Waals surface area contributed by atoms with Crippen LogP contribution in [0, 0.1) is 0 Å². The molecular formula is C3H6BrO4S-. The Hall–Kier alpha value is 0.510. The van der Waals surface area contributed by atoms with Crippen LogP contribution in [0.5, 0.6) is 0 Å². The fourth-order valence-corrected chi connectivity index (χ4v) is 0.634. The van der Waals surface area contributed by atoms with Crippen molar-refractivity contribution in [2.45, 2.75) is 6.10 Å². The minimum atomic E-state index is -2.52. The molecule has 0 heterocycles. The first-order valence-corrected chi connectivity index (χ1v) is 4.25. The molecule has 0 spiro atoms. The zero-order chi connectivity index (χ0) is 7.28. The summed E-state index contributed by atoms with van der Waals surface area (Å²) in [5.74, 6) is 0. The molecule has 0 rings (SSSR count). The third-order valence-corrected chi connectivity index (χ3v) is 1.61. The van der Waals surface area contributed by atoms with Crippen molar-refractivity contribution in [3.8, 4) is 0 Å². The Kier molecular flexibility index (Phi) is 5.61. The molecule has 56 valence electrons. The van der Waals surface area contributed by atoms with Crippen LogP contribution in [0.25, 0.3) is 0 Å². The first-order valence-electron chi connectivity index (χ1n) is 2.13. The van der Waals surface area contributed by atoms with Crippen molar-refractivity contribution >= 4 is 27.3 Å². The average Bonchev–Trinajstić information content (AvgIpc) is 1.83. The Morgan fingerprint density at radius 3 is 2.78 bits per heavy atom. The number of hydrogen-bond donors (Lipinski definition) is 1. The smallest absolute Gasteiger partial charge is 0.0896 e. The summed E-state index contributed by atoms with van der Waals surface area (Å²) in [5, 5.41) is 8.97. The lowest BCUT2D eigenvalue weighted by Gasteiger charge is -2.08. The molecule has 0 aromatic carbocycles. The van der Waals surface area contributed by atoms with Crippen molar-refractivity contribution in [3.05, 3.63) is 0 Å². The van der Waals surface area contributed by atoms with E-state index in [0.717, 1.165) is 0 Å². The van der Waals surface area contributed by atoms with Gasteiger partial charge in [0.05, 0.1) is 24.1 Å². The number of aliphatic hydroxyl groups is 1. The fraction of sp³-hybridized carbons (Fsp3) is 1.00. The van der Waals surface area contributed by atoms with Crippen molar-refractivity contribution in [1.29, 1.82) is 0 Å². The lowest BCUT2D eigenvalue weighted by atomic mass is 10.5. The number of alkyl halides is 1. The molecule has 1 N–H and O–H groups in total. The largest absolute Gasteiger partial charge is 0.750 e. The van der Waals surface area contributed by atoms with Gasteiger partial charge in [-0.15, -0.1) is 0 Å². The fourth-order valence-electron chi connectivity index (χ4n) is 0.179. The second kappa shape index (κ2) is 5.31. The van der Waals surface area contributed by atoms with Gasteiger partial charge in [0.2, 0.25) is 0 Å². The second-order valence-electron chi connectivity index (χ2n) is 1.30. The van der Waals surface area contributed by atoms with Gasteiger partial charge >= 0.3 is 0 Å². The van der Waals surface area contributed by atoms with Crippen LogP contribution in [0.3, 0.4) is 0 Å². The van der Waals surface area contributed by atoms with Crippen LogP contribution >= 0.6 is 15.9 Å². The van der Waals surface area contributed by atoms with E-state index in [1.165, 1.54) is 0 Å². The molecule has 0 saturated heterocycles. The molecule has 0 aromatic heterocycles. The summed E-state index contributed by atoms with van der Waals surface area (Å²) >= 11 is 0.415. The van der Waals surface area contributed by atoms with Gasteiger partial charge in [0.25, 0.3) is 0 Å². The molecule has 0 fully saturated rings. The summed E-state index contributed by atoms with van der Waals surface area (Å²) in [5.41, 5.74) is 0. The quantitative estimate of drug-likeness (QED) is 0.512. The number of rotatable bonds is 4. The summed E-state index contributed by atoms with van der Waals surface area (Å²) in [6.45, 7) is -0.193. The molecule has 0 aliphatic rings. The van der Waals surface area contributed by atoms with Crippen LogP contribution in [0.4, 0.5) is 0 Å². The van der Waals surface area contributed by atoms with Gasteiger partial charge in [0, 0.05) is 5.33 Å². The van der Waals surface area contributed by atoms with E-state index in [9.17, 15) is 8.76 Å². The third kappa shape index (κ3) is 6.39. The zero-order valence-corrected chi connectivity index (χ0v) is 6.85. The van der Waals surface area contributed by atoms with Crippen LogP contribution < -0.4 is 0 Å². The van der Waals surface area contributed by atoms with Gasteiger partial charge in [-0.3, -0.25) is 4.18 Å². The lowest BCUT2D eigenvalue weighted by Crippen LogP contribution is -2.17. The second-order valence-corrected chi connectivity index (χ2v) is 2.59. The predicted octanol–water partition coefficient (Wildman–Crippen LogP) is -0.447. The maximum atomic E-state index is 9.67. The Bertz CT molecular complexity index is 97.8. The van der Waals surface area contributed by atoms with Gasteiger partial charge in [-0.1, -0.05) is 15.9 Å². The molecular weight excluding hydrogens is 212 g/mol. The van der Waals surface area contributed by atoms with Crippen LogP contribution in [0.15, 0.2) is 0 Å². The number of hydrogen-bond acceptors (Lipinski definition) is 4. The highest BCUT2D eigenvalue weighted by molar-refractivity contribution is 9.09. The Morgan fingerprint density at radius 1 is 1.89 bits per heavy atom. The molecule has 2 unspecified atom stereocenters. The Balaban J connectivity index is 3.16. The molecule has 6 heteroatoms. The number of halogens is 1. The molecule has 0 aliphatic carbocycles. The van der Waals surface area contributed by atoms with Crippen LogP contribution in [0.1, 0.15) is 0 Å².